The molecule has 6 aromatic heterocycles. The summed E-state index contributed by atoms with van der Waals surface area (Å²) in [4.78, 5) is 361. The number of nitrogens with two attached hydrogens (primary N) is 2. The summed E-state index contributed by atoms with van der Waals surface area (Å²) < 4.78 is 5.15. The zero-order valence-electron chi connectivity index (χ0n) is 73.8. The fraction of sp³-hybridized carbons (Fsp3) is 0.450. The zero-order valence-corrected chi connectivity index (χ0v) is 73.8. The maximum absolute atomic E-state index is 14.6. The Labute approximate surface area is 750 Å². The molecule has 0 aliphatic rings. The Balaban J connectivity index is 1.07. The van der Waals surface area contributed by atoms with Crippen molar-refractivity contribution in [3.63, 3.8) is 0 Å². The molecule has 133 heavy (non-hydrogen) atoms. The number of unbranched alkanes of at least 4 members (excludes halogenated alkanes) is 1. The number of aromatic nitrogens is 12. The standard InChI is InChI=1S/C80H105N27O26/c1-46-28-102(75(128)90-69(46)122)40-62(115)96(22-15-56(109)84-18-24-98(64(117)42-104-30-48(3)71(124)92-77(104)130)36-58(111)87-21-27-101(39-61(114)89-55(68(82)121)14-10-11-16-81)67(120)45-107-33-51(6)74(127)95-80(107)133)34-53-12-8-9-13-54(53)88-60(113)38-100(66(119)44-106-32-50(5)73(126)94-79(106)132)26-20-86-59(112)37-99(65(118)43-105-31-49(4)72(125)93-78(105)131)25-19-85-57(110)35-97(23-17-83-52(7)108)63(116)41-103-29-47(2)70(123)91-76(103)129/h8-9,12-13,28-33,55H,10-11,14-27,34-45,81H2,1-7H3,(H2,82,121)(H,83,108)(H,84,109)(H,85,110)(H,86,112)(H,87,111)(H,88,113)(H,89,114)(H,90,122,128)(H,91,123,129)(H,92,124,130)(H,93,125,131)(H,94,126,132)(H,95,127,133)/t55-/m0/s1. The second-order valence-corrected chi connectivity index (χ2v) is 30.7. The molecule has 716 valence electrons. The number of amides is 14. The van der Waals surface area contributed by atoms with Crippen molar-refractivity contribution >= 4 is 88.4 Å². The third-order valence-electron chi connectivity index (χ3n) is 20.2. The molecule has 0 fully saturated rings. The highest BCUT2D eigenvalue weighted by molar-refractivity contribution is 5.96. The largest absolute Gasteiger partial charge is 0.368 e. The molecule has 0 spiro atoms. The fourth-order valence-corrected chi connectivity index (χ4v) is 12.9. The van der Waals surface area contributed by atoms with Crippen LogP contribution in [0.5, 0.6) is 0 Å². The van der Waals surface area contributed by atoms with Gasteiger partial charge in [0.05, 0.1) is 32.7 Å². The van der Waals surface area contributed by atoms with Gasteiger partial charge in [0.15, 0.2) is 0 Å². The Morgan fingerprint density at radius 2 is 0.617 bits per heavy atom. The minimum Gasteiger partial charge on any atom is -0.368 e. The van der Waals surface area contributed by atoms with E-state index in [2.05, 4.69) is 67.1 Å². The zero-order chi connectivity index (χ0) is 98.2. The van der Waals surface area contributed by atoms with Crippen LogP contribution in [0.15, 0.2) is 119 Å². The molecule has 0 aliphatic carbocycles. The molecule has 0 saturated heterocycles. The number of benzene rings is 1. The van der Waals surface area contributed by atoms with Crippen molar-refractivity contribution in [3.8, 4) is 0 Å². The van der Waals surface area contributed by atoms with Crippen LogP contribution in [-0.4, -0.2) is 287 Å². The van der Waals surface area contributed by atoms with Crippen molar-refractivity contribution in [3.05, 3.63) is 225 Å². The van der Waals surface area contributed by atoms with Gasteiger partial charge in [0.1, 0.15) is 45.3 Å². The van der Waals surface area contributed by atoms with E-state index in [-0.39, 0.29) is 70.7 Å². The van der Waals surface area contributed by atoms with Gasteiger partial charge in [-0.05, 0) is 79.0 Å². The number of nitrogens with zero attached hydrogens (tertiary/aromatic N) is 12. The van der Waals surface area contributed by atoms with E-state index in [1.807, 2.05) is 0 Å². The molecule has 0 bridgehead atoms. The maximum Gasteiger partial charge on any atom is 0.328 e. The molecule has 7 rings (SSSR count). The minimum absolute atomic E-state index is 0.00223. The first-order valence-electron chi connectivity index (χ1n) is 41.3. The van der Waals surface area contributed by atoms with Crippen LogP contribution in [0.4, 0.5) is 5.69 Å². The molecule has 17 N–H and O–H groups in total. The highest BCUT2D eigenvalue weighted by Gasteiger charge is 2.29. The van der Waals surface area contributed by atoms with E-state index in [4.69, 9.17) is 11.5 Å². The van der Waals surface area contributed by atoms with Gasteiger partial charge in [0, 0.05) is 168 Å². The Kier molecular flexibility index (Phi) is 38.6. The van der Waals surface area contributed by atoms with E-state index < -0.39 is 300 Å². The third kappa shape index (κ3) is 32.5. The van der Waals surface area contributed by atoms with E-state index in [0.717, 1.165) is 94.0 Å². The predicted octanol–water partition coefficient (Wildman–Crippen LogP) is -11.7. The van der Waals surface area contributed by atoms with Gasteiger partial charge in [-0.3, -0.25) is 153 Å². The number of hydrogen-bond donors (Lipinski definition) is 15. The third-order valence-corrected chi connectivity index (χ3v) is 20.2. The van der Waals surface area contributed by atoms with Gasteiger partial charge in [-0.15, -0.1) is 0 Å². The molecular weight excluding hydrogens is 1760 g/mol. The van der Waals surface area contributed by atoms with Crippen molar-refractivity contribution < 1.29 is 67.1 Å². The average Bonchev–Trinajstić information content (AvgIpc) is 0.833. The lowest BCUT2D eigenvalue weighted by molar-refractivity contribution is -0.138. The normalized spacial score (nSPS) is 11.1. The van der Waals surface area contributed by atoms with E-state index >= 15 is 0 Å². The van der Waals surface area contributed by atoms with Crippen molar-refractivity contribution in [2.75, 3.05) is 117 Å². The molecule has 7 aromatic rings. The van der Waals surface area contributed by atoms with Crippen LogP contribution in [0.1, 0.15) is 71.6 Å². The highest BCUT2D eigenvalue weighted by Crippen LogP contribution is 2.19. The quantitative estimate of drug-likeness (QED) is 0.0157. The molecule has 1 aromatic carbocycles. The van der Waals surface area contributed by atoms with Crippen LogP contribution in [0, 0.1) is 41.5 Å². The summed E-state index contributed by atoms with van der Waals surface area (Å²) in [5.41, 5.74) is 0.975. The van der Waals surface area contributed by atoms with Crippen LogP contribution < -0.4 is 116 Å². The molecule has 1 atom stereocenters. The number of carbonyl (C=O) groups excluding carboxylic acids is 14. The molecule has 0 aliphatic heterocycles. The second kappa shape index (κ2) is 49.4. The molecular formula is C80H105N27O26. The number of H-pyrrole nitrogens is 6. The summed E-state index contributed by atoms with van der Waals surface area (Å²) in [6, 6.07) is 4.62. The van der Waals surface area contributed by atoms with Crippen LogP contribution in [0.2, 0.25) is 0 Å². The summed E-state index contributed by atoms with van der Waals surface area (Å²) in [5, 5.41) is 17.8. The first kappa shape index (κ1) is 104. The first-order valence-corrected chi connectivity index (χ1v) is 41.3. The lowest BCUT2D eigenvalue weighted by atomic mass is 10.1. The Morgan fingerprint density at radius 1 is 0.346 bits per heavy atom. The molecule has 0 unspecified atom stereocenters. The van der Waals surface area contributed by atoms with E-state index in [0.29, 0.717) is 12.8 Å². The number of carbonyl (C=O) groups is 14. The number of anilines is 1. The number of rotatable bonds is 49. The second-order valence-electron chi connectivity index (χ2n) is 30.7. The molecule has 6 heterocycles. The summed E-state index contributed by atoms with van der Waals surface area (Å²) in [6.07, 6.45) is 6.99. The summed E-state index contributed by atoms with van der Waals surface area (Å²) in [6.45, 7) is -3.99. The number of para-hydroxylation sites is 1. The number of nitrogens with one attached hydrogen (secondary N) is 13. The number of hydrogen-bond acceptors (Lipinski definition) is 27. The topological polar surface area (TPSA) is 724 Å². The van der Waals surface area contributed by atoms with Gasteiger partial charge in [0.2, 0.25) is 82.7 Å². The minimum atomic E-state index is -1.18. The summed E-state index contributed by atoms with van der Waals surface area (Å²) in [7, 11) is 0. The van der Waals surface area contributed by atoms with Gasteiger partial charge in [0.25, 0.3) is 33.4 Å². The Hall–Kier alpha value is -16.2. The van der Waals surface area contributed by atoms with Crippen molar-refractivity contribution in [1.82, 2.24) is 119 Å². The Bertz CT molecular complexity index is 6340. The van der Waals surface area contributed by atoms with E-state index in [1.54, 1.807) is 0 Å². The Morgan fingerprint density at radius 3 is 0.910 bits per heavy atom. The van der Waals surface area contributed by atoms with Crippen LogP contribution in [0.3, 0.4) is 0 Å². The van der Waals surface area contributed by atoms with Gasteiger partial charge in [-0.1, -0.05) is 18.2 Å². The summed E-state index contributed by atoms with van der Waals surface area (Å²) in [5.74, 6) is -12.1. The maximum atomic E-state index is 14.6. The smallest absolute Gasteiger partial charge is 0.328 e. The van der Waals surface area contributed by atoms with Gasteiger partial charge < -0.3 is 78.1 Å². The number of aryl methyl sites for hydroxylation is 6. The van der Waals surface area contributed by atoms with Crippen molar-refractivity contribution in [1.29, 1.82) is 0 Å². The van der Waals surface area contributed by atoms with Gasteiger partial charge in [-0.2, -0.15) is 0 Å². The molecule has 53 nitrogen and oxygen atoms in total. The van der Waals surface area contributed by atoms with Crippen LogP contribution in [0.25, 0.3) is 0 Å². The van der Waals surface area contributed by atoms with E-state index in [1.165, 1.54) is 72.7 Å². The lowest BCUT2D eigenvalue weighted by Crippen LogP contribution is -2.51. The van der Waals surface area contributed by atoms with Gasteiger partial charge in [-0.25, -0.2) is 28.8 Å². The lowest BCUT2D eigenvalue weighted by Gasteiger charge is -2.26. The number of aromatic amines is 6. The SMILES string of the molecule is CC(=O)NCCN(CC(=O)NCCN(CC(=O)NCCN(CC(=O)Nc1ccccc1CN(CCC(=O)NCCN(CC(=O)NCCN(CC(=O)N[C@@H](CCCCN)C(N)=O)C(=O)Cn1cc(C)c(=O)[nH]c1=O)C(=O)Cn1cc(C)c(=O)[nH]c1=O)C(=O)Cn1cc(C)c(=O)[nH]c1=O)C(=O)Cn1cc(C)c(=O)[nH]c1=O)C(=O)Cn1cc(C)c(=O)[nH]c1=O)C(=O)Cn1cc(C)c(=O)[nH]c1=O. The fourth-order valence-electron chi connectivity index (χ4n) is 12.9. The predicted molar refractivity (Wildman–Crippen MR) is 469 cm³/mol. The number of primary amides is 1. The van der Waals surface area contributed by atoms with Crippen molar-refractivity contribution in [2.24, 2.45) is 11.5 Å². The van der Waals surface area contributed by atoms with E-state index in [9.17, 15) is 125 Å². The first-order chi connectivity index (χ1) is 62.9. The average molecular weight is 1860 g/mol. The van der Waals surface area contributed by atoms with Crippen LogP contribution in [-0.2, 0) is 113 Å². The summed E-state index contributed by atoms with van der Waals surface area (Å²) >= 11 is 0. The highest BCUT2D eigenvalue weighted by atomic mass is 16.2. The molecule has 0 radical (unpaired) electrons. The van der Waals surface area contributed by atoms with Crippen molar-refractivity contribution in [2.45, 2.75) is 126 Å². The molecule has 14 amide bonds. The molecule has 53 heteroatoms. The molecule has 0 saturated carbocycles. The monoisotopic (exact) mass is 1860 g/mol. The van der Waals surface area contributed by atoms with Gasteiger partial charge >= 0.3 is 34.1 Å². The van der Waals surface area contributed by atoms with Crippen LogP contribution >= 0.6 is 0 Å².